The van der Waals surface area contributed by atoms with Gasteiger partial charge in [0.1, 0.15) is 0 Å². The van der Waals surface area contributed by atoms with Gasteiger partial charge in [-0.1, -0.05) is 37.1 Å². The highest BCUT2D eigenvalue weighted by Gasteiger charge is 2.43. The summed E-state index contributed by atoms with van der Waals surface area (Å²) in [6, 6.07) is 8.40. The van der Waals surface area contributed by atoms with Gasteiger partial charge in [-0.15, -0.1) is 0 Å². The third-order valence-corrected chi connectivity index (χ3v) is 5.59. The summed E-state index contributed by atoms with van der Waals surface area (Å²) in [4.78, 5) is 16.2. The Hall–Kier alpha value is -1.68. The molecular formula is C17H18N2OS. The second-order valence-electron chi connectivity index (χ2n) is 6.37. The third kappa shape index (κ3) is 1.72. The third-order valence-electron chi connectivity index (χ3n) is 5.21. The molecule has 0 unspecified atom stereocenters. The first-order chi connectivity index (χ1) is 10.1. The first kappa shape index (κ1) is 13.0. The van der Waals surface area contributed by atoms with Crippen molar-refractivity contribution in [2.45, 2.75) is 37.5 Å². The van der Waals surface area contributed by atoms with Gasteiger partial charge in [-0.25, -0.2) is 0 Å². The summed E-state index contributed by atoms with van der Waals surface area (Å²) >= 11 is 5.33. The van der Waals surface area contributed by atoms with Crippen molar-refractivity contribution in [3.05, 3.63) is 50.5 Å². The van der Waals surface area contributed by atoms with Crippen LogP contribution in [-0.2, 0) is 18.9 Å². The number of hydrogen-bond acceptors (Lipinski definition) is 2. The monoisotopic (exact) mass is 298 g/mol. The van der Waals surface area contributed by atoms with Crippen LogP contribution in [0.2, 0.25) is 0 Å². The van der Waals surface area contributed by atoms with Crippen LogP contribution in [0.4, 0.5) is 0 Å². The minimum atomic E-state index is 0.0120. The normalized spacial score (nSPS) is 18.5. The number of fused-ring (bicyclic) bond motifs is 4. The van der Waals surface area contributed by atoms with E-state index in [1.807, 2.05) is 6.07 Å². The molecule has 0 radical (unpaired) electrons. The topological polar surface area (TPSA) is 37.8 Å². The molecule has 0 bridgehead atoms. The average molecular weight is 298 g/mol. The molecular weight excluding hydrogens is 280 g/mol. The lowest BCUT2D eigenvalue weighted by Crippen LogP contribution is -2.39. The largest absolute Gasteiger partial charge is 0.331 e. The van der Waals surface area contributed by atoms with Gasteiger partial charge in [0, 0.05) is 23.6 Å². The van der Waals surface area contributed by atoms with Gasteiger partial charge in [0.25, 0.3) is 5.56 Å². The maximum Gasteiger partial charge on any atom is 0.258 e. The van der Waals surface area contributed by atoms with Crippen molar-refractivity contribution in [1.82, 2.24) is 9.55 Å². The summed E-state index contributed by atoms with van der Waals surface area (Å²) in [6.45, 7) is 0. The lowest BCUT2D eigenvalue weighted by Gasteiger charge is -2.36. The second-order valence-corrected chi connectivity index (χ2v) is 6.75. The zero-order valence-corrected chi connectivity index (χ0v) is 12.9. The number of H-pyrrole nitrogens is 1. The molecule has 4 rings (SSSR count). The van der Waals surface area contributed by atoms with Crippen LogP contribution in [0.15, 0.2) is 29.1 Å². The molecule has 1 fully saturated rings. The van der Waals surface area contributed by atoms with Crippen molar-refractivity contribution in [1.29, 1.82) is 0 Å². The van der Waals surface area contributed by atoms with Gasteiger partial charge in [-0.05, 0) is 37.0 Å². The van der Waals surface area contributed by atoms with Crippen molar-refractivity contribution >= 4 is 12.2 Å². The van der Waals surface area contributed by atoms with Crippen LogP contribution >= 0.6 is 12.2 Å². The van der Waals surface area contributed by atoms with E-state index < -0.39 is 0 Å². The second kappa shape index (κ2) is 4.41. The first-order valence-corrected chi connectivity index (χ1v) is 7.95. The fourth-order valence-electron chi connectivity index (χ4n) is 4.16. The fraction of sp³-hybridized carbons (Fsp3) is 0.412. The number of nitrogens with one attached hydrogen (secondary N) is 1. The Bertz CT molecular complexity index is 841. The summed E-state index contributed by atoms with van der Waals surface area (Å²) in [5, 5.41) is 0. The van der Waals surface area contributed by atoms with Crippen LogP contribution in [0.5, 0.6) is 0 Å². The van der Waals surface area contributed by atoms with E-state index in [1.165, 1.54) is 18.4 Å². The SMILES string of the molecule is Cn1c(=S)[nH]c2c(c1=O)C1(CCCC1)Cc1ccccc1-2. The van der Waals surface area contributed by atoms with Crippen LogP contribution < -0.4 is 5.56 Å². The van der Waals surface area contributed by atoms with E-state index in [9.17, 15) is 4.79 Å². The zero-order valence-electron chi connectivity index (χ0n) is 12.1. The van der Waals surface area contributed by atoms with E-state index >= 15 is 0 Å². The predicted molar refractivity (Wildman–Crippen MR) is 86.2 cm³/mol. The maximum absolute atomic E-state index is 12.9. The molecule has 1 N–H and O–H groups in total. The molecule has 0 saturated heterocycles. The molecule has 1 heterocycles. The highest BCUT2D eigenvalue weighted by molar-refractivity contribution is 7.71. The number of hydrogen-bond donors (Lipinski definition) is 1. The smallest absolute Gasteiger partial charge is 0.258 e. The highest BCUT2D eigenvalue weighted by Crippen LogP contribution is 2.49. The van der Waals surface area contributed by atoms with Crippen molar-refractivity contribution in [2.75, 3.05) is 0 Å². The molecule has 4 heteroatoms. The molecule has 2 aliphatic carbocycles. The van der Waals surface area contributed by atoms with E-state index in [0.29, 0.717) is 4.77 Å². The number of rotatable bonds is 0. The Morgan fingerprint density at radius 1 is 1.24 bits per heavy atom. The quantitative estimate of drug-likeness (QED) is 0.756. The molecule has 21 heavy (non-hydrogen) atoms. The molecule has 3 nitrogen and oxygen atoms in total. The molecule has 0 amide bonds. The maximum atomic E-state index is 12.9. The van der Waals surface area contributed by atoms with Gasteiger partial charge in [0.05, 0.1) is 5.69 Å². The summed E-state index contributed by atoms with van der Waals surface area (Å²) in [6.07, 6.45) is 5.61. The van der Waals surface area contributed by atoms with Crippen LogP contribution in [0, 0.1) is 4.77 Å². The summed E-state index contributed by atoms with van der Waals surface area (Å²) in [7, 11) is 1.77. The number of aromatic nitrogens is 2. The van der Waals surface area contributed by atoms with Gasteiger partial charge in [0.2, 0.25) is 0 Å². The molecule has 1 spiro atoms. The highest BCUT2D eigenvalue weighted by atomic mass is 32.1. The summed E-state index contributed by atoms with van der Waals surface area (Å²) in [5.74, 6) is 0. The Balaban J connectivity index is 2.13. The number of nitrogens with zero attached hydrogens (tertiary/aromatic N) is 1. The molecule has 2 aliphatic rings. The van der Waals surface area contributed by atoms with Crippen LogP contribution in [-0.4, -0.2) is 9.55 Å². The predicted octanol–water partition coefficient (Wildman–Crippen LogP) is 3.48. The standard InChI is InChI=1S/C17H18N2OS/c1-19-15(20)13-14(18-16(19)21)12-7-3-2-6-11(12)10-17(13)8-4-5-9-17/h2-3,6-7H,4-5,8-10H2,1H3,(H,18,21). The van der Waals surface area contributed by atoms with Crippen molar-refractivity contribution in [3.8, 4) is 11.3 Å². The molecule has 0 aliphatic heterocycles. The summed E-state index contributed by atoms with van der Waals surface area (Å²) in [5.41, 5.74) is 4.52. The average Bonchev–Trinajstić information content (AvgIpc) is 2.93. The van der Waals surface area contributed by atoms with Crippen molar-refractivity contribution in [2.24, 2.45) is 7.05 Å². The van der Waals surface area contributed by atoms with Gasteiger partial charge >= 0.3 is 0 Å². The summed E-state index contributed by atoms with van der Waals surface area (Å²) < 4.78 is 2.09. The molecule has 1 aromatic carbocycles. The minimum Gasteiger partial charge on any atom is -0.331 e. The van der Waals surface area contributed by atoms with Gasteiger partial charge < -0.3 is 4.98 Å². The van der Waals surface area contributed by atoms with E-state index in [1.54, 1.807) is 11.6 Å². The fourth-order valence-corrected chi connectivity index (χ4v) is 4.35. The zero-order chi connectivity index (χ0) is 14.6. The lowest BCUT2D eigenvalue weighted by molar-refractivity contribution is 0.422. The Kier molecular flexibility index (Phi) is 2.73. The molecule has 1 aromatic heterocycles. The molecule has 2 aromatic rings. The van der Waals surface area contributed by atoms with Crippen LogP contribution in [0.25, 0.3) is 11.3 Å². The lowest BCUT2D eigenvalue weighted by atomic mass is 9.68. The Morgan fingerprint density at radius 3 is 2.71 bits per heavy atom. The molecule has 1 saturated carbocycles. The Labute approximate surface area is 128 Å². The Morgan fingerprint density at radius 2 is 1.95 bits per heavy atom. The number of benzene rings is 1. The van der Waals surface area contributed by atoms with E-state index in [0.717, 1.165) is 36.1 Å². The van der Waals surface area contributed by atoms with Crippen molar-refractivity contribution < 1.29 is 0 Å². The van der Waals surface area contributed by atoms with Gasteiger partial charge in [0.15, 0.2) is 4.77 Å². The van der Waals surface area contributed by atoms with Gasteiger partial charge in [-0.3, -0.25) is 9.36 Å². The van der Waals surface area contributed by atoms with Crippen LogP contribution in [0.3, 0.4) is 0 Å². The molecule has 108 valence electrons. The first-order valence-electron chi connectivity index (χ1n) is 7.54. The molecule has 0 atom stereocenters. The van der Waals surface area contributed by atoms with E-state index in [-0.39, 0.29) is 11.0 Å². The number of aromatic amines is 1. The van der Waals surface area contributed by atoms with Crippen molar-refractivity contribution in [3.63, 3.8) is 0 Å². The minimum absolute atomic E-state index is 0.0120. The van der Waals surface area contributed by atoms with E-state index in [2.05, 4.69) is 23.2 Å². The van der Waals surface area contributed by atoms with E-state index in [4.69, 9.17) is 12.2 Å². The van der Waals surface area contributed by atoms with Gasteiger partial charge in [-0.2, -0.15) is 0 Å². The van der Waals surface area contributed by atoms with Crippen LogP contribution in [0.1, 0.15) is 36.8 Å².